The zero-order valence-electron chi connectivity index (χ0n) is 13.7. The second-order valence-corrected chi connectivity index (χ2v) is 5.76. The SMILES string of the molecule is O=[N+]([O-])c1cc(CNCCO)ccc1/C=C/N1Cc2ccccc2N1. The zero-order valence-corrected chi connectivity index (χ0v) is 13.7. The van der Waals surface area contributed by atoms with Crippen LogP contribution in [-0.2, 0) is 13.1 Å². The number of nitrogens with zero attached hydrogens (tertiary/aromatic N) is 2. The first kappa shape index (κ1) is 16.9. The lowest BCUT2D eigenvalue weighted by Gasteiger charge is -2.12. The molecule has 0 atom stereocenters. The van der Waals surface area contributed by atoms with Crippen LogP contribution in [0, 0.1) is 10.1 Å². The van der Waals surface area contributed by atoms with Gasteiger partial charge < -0.3 is 10.4 Å². The minimum atomic E-state index is -0.374. The molecule has 3 rings (SSSR count). The number of hydrogen-bond acceptors (Lipinski definition) is 6. The number of hydrogen-bond donors (Lipinski definition) is 3. The third-order valence-corrected chi connectivity index (χ3v) is 3.97. The maximum absolute atomic E-state index is 11.4. The number of aliphatic hydroxyl groups is 1. The summed E-state index contributed by atoms with van der Waals surface area (Å²) in [6, 6.07) is 13.2. The molecular weight excluding hydrogens is 320 g/mol. The first-order chi connectivity index (χ1) is 12.2. The van der Waals surface area contributed by atoms with Crippen molar-refractivity contribution in [2.75, 3.05) is 18.6 Å². The highest BCUT2D eigenvalue weighted by atomic mass is 16.6. The second kappa shape index (κ2) is 7.78. The van der Waals surface area contributed by atoms with Gasteiger partial charge in [0, 0.05) is 25.4 Å². The van der Waals surface area contributed by atoms with E-state index in [-0.39, 0.29) is 17.2 Å². The van der Waals surface area contributed by atoms with E-state index >= 15 is 0 Å². The highest BCUT2D eigenvalue weighted by Gasteiger charge is 2.16. The molecule has 130 valence electrons. The largest absolute Gasteiger partial charge is 0.395 e. The second-order valence-electron chi connectivity index (χ2n) is 5.76. The molecule has 7 heteroatoms. The van der Waals surface area contributed by atoms with Crippen LogP contribution in [0.1, 0.15) is 16.7 Å². The lowest BCUT2D eigenvalue weighted by molar-refractivity contribution is -0.385. The van der Waals surface area contributed by atoms with Crippen LogP contribution in [0.5, 0.6) is 0 Å². The summed E-state index contributed by atoms with van der Waals surface area (Å²) in [4.78, 5) is 11.0. The number of hydrazine groups is 1. The third kappa shape index (κ3) is 4.14. The Hall–Kier alpha value is -2.90. The van der Waals surface area contributed by atoms with E-state index in [4.69, 9.17) is 5.11 Å². The summed E-state index contributed by atoms with van der Waals surface area (Å²) < 4.78 is 0. The van der Waals surface area contributed by atoms with E-state index in [1.165, 1.54) is 5.56 Å². The molecule has 1 aliphatic rings. The van der Waals surface area contributed by atoms with Crippen molar-refractivity contribution < 1.29 is 10.0 Å². The smallest absolute Gasteiger partial charge is 0.276 e. The molecule has 0 radical (unpaired) electrons. The Kier molecular flexibility index (Phi) is 5.27. The fraction of sp³-hybridized carbons (Fsp3) is 0.222. The minimum Gasteiger partial charge on any atom is -0.395 e. The van der Waals surface area contributed by atoms with Crippen molar-refractivity contribution in [1.82, 2.24) is 10.3 Å². The molecule has 0 spiro atoms. The Balaban J connectivity index is 1.72. The summed E-state index contributed by atoms with van der Waals surface area (Å²) in [6.45, 7) is 1.68. The van der Waals surface area contributed by atoms with Crippen LogP contribution in [0.4, 0.5) is 11.4 Å². The molecule has 1 heterocycles. The van der Waals surface area contributed by atoms with Crippen LogP contribution >= 0.6 is 0 Å². The summed E-state index contributed by atoms with van der Waals surface area (Å²) >= 11 is 0. The van der Waals surface area contributed by atoms with Crippen LogP contribution in [0.15, 0.2) is 48.7 Å². The molecule has 0 unspecified atom stereocenters. The summed E-state index contributed by atoms with van der Waals surface area (Å²) in [5.41, 5.74) is 6.90. The maximum atomic E-state index is 11.4. The van der Waals surface area contributed by atoms with E-state index < -0.39 is 0 Å². The normalized spacial score (nSPS) is 13.1. The number of benzene rings is 2. The summed E-state index contributed by atoms with van der Waals surface area (Å²) in [5, 5.41) is 25.0. The molecule has 0 saturated heterocycles. The monoisotopic (exact) mass is 340 g/mol. The Morgan fingerprint density at radius 1 is 1.32 bits per heavy atom. The number of para-hydroxylation sites is 1. The van der Waals surface area contributed by atoms with Gasteiger partial charge in [-0.05, 0) is 29.3 Å². The Bertz CT molecular complexity index is 767. The molecule has 25 heavy (non-hydrogen) atoms. The van der Waals surface area contributed by atoms with Gasteiger partial charge in [-0.25, -0.2) is 0 Å². The van der Waals surface area contributed by atoms with Crippen LogP contribution in [0.3, 0.4) is 0 Å². The molecule has 0 amide bonds. The Morgan fingerprint density at radius 2 is 2.16 bits per heavy atom. The van der Waals surface area contributed by atoms with Crippen molar-refractivity contribution in [2.45, 2.75) is 13.1 Å². The van der Waals surface area contributed by atoms with Crippen molar-refractivity contribution in [3.05, 3.63) is 75.5 Å². The molecule has 7 nitrogen and oxygen atoms in total. The average Bonchev–Trinajstić information content (AvgIpc) is 3.03. The molecule has 0 aromatic heterocycles. The van der Waals surface area contributed by atoms with Gasteiger partial charge in [0.1, 0.15) is 0 Å². The van der Waals surface area contributed by atoms with E-state index in [0.717, 1.165) is 11.3 Å². The lowest BCUT2D eigenvalue weighted by Crippen LogP contribution is -2.17. The number of fused-ring (bicyclic) bond motifs is 1. The first-order valence-corrected chi connectivity index (χ1v) is 8.05. The topological polar surface area (TPSA) is 90.7 Å². The van der Waals surface area contributed by atoms with Crippen molar-refractivity contribution in [2.24, 2.45) is 0 Å². The lowest BCUT2D eigenvalue weighted by atomic mass is 10.1. The summed E-state index contributed by atoms with van der Waals surface area (Å²) in [7, 11) is 0. The predicted octanol–water partition coefficient (Wildman–Crippen LogP) is 2.49. The van der Waals surface area contributed by atoms with Gasteiger partial charge in [-0.3, -0.25) is 20.5 Å². The van der Waals surface area contributed by atoms with Crippen LogP contribution in [0.25, 0.3) is 6.08 Å². The fourth-order valence-corrected chi connectivity index (χ4v) is 2.72. The van der Waals surface area contributed by atoms with E-state index in [1.54, 1.807) is 18.2 Å². The molecule has 0 fully saturated rings. The minimum absolute atomic E-state index is 0.0359. The number of nitrogens with one attached hydrogen (secondary N) is 2. The number of nitro groups is 1. The van der Waals surface area contributed by atoms with Gasteiger partial charge in [-0.15, -0.1) is 0 Å². The first-order valence-electron chi connectivity index (χ1n) is 8.05. The van der Waals surface area contributed by atoms with Gasteiger partial charge in [0.25, 0.3) is 5.69 Å². The number of nitro benzene ring substituents is 1. The third-order valence-electron chi connectivity index (χ3n) is 3.97. The van der Waals surface area contributed by atoms with E-state index in [2.05, 4.69) is 10.7 Å². The standard InChI is InChI=1S/C18H20N4O3/c23-10-8-19-12-14-5-6-15(18(11-14)22(24)25)7-9-21-13-16-3-1-2-4-17(16)20-21/h1-7,9,11,19-20,23H,8,10,12-13H2/b9-7+. The number of anilines is 1. The summed E-state index contributed by atoms with van der Waals surface area (Å²) in [5.74, 6) is 0. The molecule has 2 aromatic carbocycles. The zero-order chi connectivity index (χ0) is 17.6. The highest BCUT2D eigenvalue weighted by Crippen LogP contribution is 2.26. The molecule has 2 aromatic rings. The van der Waals surface area contributed by atoms with E-state index in [0.29, 0.717) is 25.2 Å². The number of rotatable bonds is 7. The van der Waals surface area contributed by atoms with E-state index in [1.807, 2.05) is 41.5 Å². The van der Waals surface area contributed by atoms with Crippen molar-refractivity contribution in [3.63, 3.8) is 0 Å². The molecule has 0 saturated carbocycles. The van der Waals surface area contributed by atoms with Gasteiger partial charge in [0.2, 0.25) is 0 Å². The van der Waals surface area contributed by atoms with Crippen LogP contribution in [0.2, 0.25) is 0 Å². The number of aliphatic hydroxyl groups excluding tert-OH is 1. The quantitative estimate of drug-likeness (QED) is 0.407. The molecular formula is C18H20N4O3. The van der Waals surface area contributed by atoms with Crippen LogP contribution in [-0.4, -0.2) is 28.2 Å². The summed E-state index contributed by atoms with van der Waals surface area (Å²) in [6.07, 6.45) is 3.55. The Morgan fingerprint density at radius 3 is 2.92 bits per heavy atom. The Labute approximate surface area is 145 Å². The molecule has 1 aliphatic heterocycles. The molecule has 0 aliphatic carbocycles. The highest BCUT2D eigenvalue weighted by molar-refractivity contribution is 5.62. The van der Waals surface area contributed by atoms with Gasteiger partial charge >= 0.3 is 0 Å². The molecule has 3 N–H and O–H groups in total. The van der Waals surface area contributed by atoms with Crippen molar-refractivity contribution in [3.8, 4) is 0 Å². The average molecular weight is 340 g/mol. The van der Waals surface area contributed by atoms with Crippen molar-refractivity contribution >= 4 is 17.5 Å². The van der Waals surface area contributed by atoms with Gasteiger partial charge in [-0.1, -0.05) is 24.3 Å². The molecule has 0 bridgehead atoms. The van der Waals surface area contributed by atoms with Gasteiger partial charge in [-0.2, -0.15) is 0 Å². The fourth-order valence-electron chi connectivity index (χ4n) is 2.72. The van der Waals surface area contributed by atoms with Crippen LogP contribution < -0.4 is 10.7 Å². The van der Waals surface area contributed by atoms with Gasteiger partial charge in [0.15, 0.2) is 0 Å². The maximum Gasteiger partial charge on any atom is 0.276 e. The predicted molar refractivity (Wildman–Crippen MR) is 96.5 cm³/mol. The van der Waals surface area contributed by atoms with E-state index in [9.17, 15) is 10.1 Å². The van der Waals surface area contributed by atoms with Gasteiger partial charge in [0.05, 0.1) is 29.3 Å². The van der Waals surface area contributed by atoms with Crippen molar-refractivity contribution in [1.29, 1.82) is 0 Å².